The van der Waals surface area contributed by atoms with Gasteiger partial charge in [-0.05, 0) is 12.0 Å². The van der Waals surface area contributed by atoms with Gasteiger partial charge in [0.25, 0.3) is 5.91 Å². The first-order valence-corrected chi connectivity index (χ1v) is 7.24. The van der Waals surface area contributed by atoms with E-state index in [0.717, 1.165) is 11.1 Å². The highest BCUT2D eigenvalue weighted by atomic mass is 16.4. The van der Waals surface area contributed by atoms with Crippen LogP contribution in [0.25, 0.3) is 11.1 Å². The van der Waals surface area contributed by atoms with Crippen LogP contribution in [-0.2, 0) is 4.79 Å². The number of rotatable bonds is 7. The second kappa shape index (κ2) is 7.82. The van der Waals surface area contributed by atoms with Crippen molar-refractivity contribution in [3.8, 4) is 11.1 Å². The van der Waals surface area contributed by atoms with E-state index in [1.165, 1.54) is 12.4 Å². The fourth-order valence-electron chi connectivity index (χ4n) is 1.96. The van der Waals surface area contributed by atoms with E-state index in [0.29, 0.717) is 12.0 Å². The summed E-state index contributed by atoms with van der Waals surface area (Å²) in [6, 6.07) is 7.03. The van der Waals surface area contributed by atoms with E-state index in [9.17, 15) is 9.59 Å². The minimum Gasteiger partial charge on any atom is -0.481 e. The Labute approximate surface area is 138 Å². The van der Waals surface area contributed by atoms with Gasteiger partial charge in [0, 0.05) is 36.5 Å². The van der Waals surface area contributed by atoms with Gasteiger partial charge in [0.05, 0.1) is 0 Å². The number of carboxylic acids is 1. The SMILES string of the molecule is N=C(N)c1ccc(-c2cnc(C(=O)NCCCC(=O)O)nc2)cc1. The molecule has 1 aromatic heterocycles. The van der Waals surface area contributed by atoms with Gasteiger partial charge < -0.3 is 16.2 Å². The highest BCUT2D eigenvalue weighted by Gasteiger charge is 2.09. The number of hydrogen-bond donors (Lipinski definition) is 4. The Kier molecular flexibility index (Phi) is 5.56. The lowest BCUT2D eigenvalue weighted by Crippen LogP contribution is -2.26. The summed E-state index contributed by atoms with van der Waals surface area (Å²) in [7, 11) is 0. The van der Waals surface area contributed by atoms with Crippen molar-refractivity contribution in [2.45, 2.75) is 12.8 Å². The quantitative estimate of drug-likeness (QED) is 0.340. The first-order chi connectivity index (χ1) is 11.5. The summed E-state index contributed by atoms with van der Waals surface area (Å²) in [5, 5.41) is 18.4. The summed E-state index contributed by atoms with van der Waals surface area (Å²) in [4.78, 5) is 30.3. The summed E-state index contributed by atoms with van der Waals surface area (Å²) < 4.78 is 0. The third-order valence-electron chi connectivity index (χ3n) is 3.24. The number of nitrogens with two attached hydrogens (primary N) is 1. The molecule has 0 aliphatic heterocycles. The van der Waals surface area contributed by atoms with Crippen molar-refractivity contribution in [2.75, 3.05) is 6.54 Å². The van der Waals surface area contributed by atoms with Gasteiger partial charge in [-0.3, -0.25) is 15.0 Å². The predicted molar refractivity (Wildman–Crippen MR) is 87.7 cm³/mol. The first-order valence-electron chi connectivity index (χ1n) is 7.24. The van der Waals surface area contributed by atoms with Crippen molar-refractivity contribution in [3.05, 3.63) is 48.0 Å². The van der Waals surface area contributed by atoms with Crippen LogP contribution < -0.4 is 11.1 Å². The van der Waals surface area contributed by atoms with Crippen molar-refractivity contribution >= 4 is 17.7 Å². The molecule has 1 aromatic carbocycles. The summed E-state index contributed by atoms with van der Waals surface area (Å²) in [5.41, 5.74) is 7.60. The summed E-state index contributed by atoms with van der Waals surface area (Å²) >= 11 is 0. The molecule has 0 fully saturated rings. The van der Waals surface area contributed by atoms with Gasteiger partial charge in [-0.25, -0.2) is 9.97 Å². The van der Waals surface area contributed by atoms with E-state index < -0.39 is 11.9 Å². The minimum absolute atomic E-state index is 0.00364. The standard InChI is InChI=1S/C16H17N5O3/c17-14(18)11-5-3-10(4-6-11)12-8-20-15(21-9-12)16(24)19-7-1-2-13(22)23/h3-6,8-9H,1-2,7H2,(H3,17,18)(H,19,24)(H,22,23). The number of amides is 1. The molecule has 1 amide bonds. The van der Waals surface area contributed by atoms with Gasteiger partial charge in [0.1, 0.15) is 5.84 Å². The zero-order valence-corrected chi connectivity index (χ0v) is 12.8. The molecule has 0 spiro atoms. The van der Waals surface area contributed by atoms with Crippen LogP contribution in [-0.4, -0.2) is 39.3 Å². The Morgan fingerprint density at radius 1 is 1.12 bits per heavy atom. The summed E-state index contributed by atoms with van der Waals surface area (Å²) in [6.45, 7) is 0.253. The minimum atomic E-state index is -0.902. The van der Waals surface area contributed by atoms with E-state index >= 15 is 0 Å². The molecule has 8 nitrogen and oxygen atoms in total. The highest BCUT2D eigenvalue weighted by molar-refractivity contribution is 5.95. The van der Waals surface area contributed by atoms with Crippen molar-refractivity contribution in [1.82, 2.24) is 15.3 Å². The molecule has 2 rings (SSSR count). The third-order valence-corrected chi connectivity index (χ3v) is 3.24. The molecule has 5 N–H and O–H groups in total. The second-order valence-electron chi connectivity index (χ2n) is 5.04. The van der Waals surface area contributed by atoms with Gasteiger partial charge in [0.15, 0.2) is 0 Å². The Bertz CT molecular complexity index is 741. The van der Waals surface area contributed by atoms with Crippen molar-refractivity contribution < 1.29 is 14.7 Å². The molecular formula is C16H17N5O3. The van der Waals surface area contributed by atoms with Crippen molar-refractivity contribution in [2.24, 2.45) is 5.73 Å². The predicted octanol–water partition coefficient (Wildman–Crippen LogP) is 1.02. The van der Waals surface area contributed by atoms with Crippen LogP contribution >= 0.6 is 0 Å². The van der Waals surface area contributed by atoms with Crippen molar-refractivity contribution in [3.63, 3.8) is 0 Å². The molecule has 124 valence electrons. The Hall–Kier alpha value is -3.29. The molecule has 0 saturated carbocycles. The fourth-order valence-corrected chi connectivity index (χ4v) is 1.96. The lowest BCUT2D eigenvalue weighted by atomic mass is 10.1. The lowest BCUT2D eigenvalue weighted by molar-refractivity contribution is -0.137. The zero-order valence-electron chi connectivity index (χ0n) is 12.8. The van der Waals surface area contributed by atoms with Gasteiger partial charge >= 0.3 is 5.97 Å². The topological polar surface area (TPSA) is 142 Å². The first kappa shape index (κ1) is 17.1. The molecule has 0 saturated heterocycles. The molecule has 0 unspecified atom stereocenters. The van der Waals surface area contributed by atoms with Gasteiger partial charge in [-0.15, -0.1) is 0 Å². The molecule has 0 atom stereocenters. The molecule has 1 heterocycles. The van der Waals surface area contributed by atoms with E-state index in [4.69, 9.17) is 16.2 Å². The fraction of sp³-hybridized carbons (Fsp3) is 0.188. The number of nitrogen functional groups attached to an aromatic ring is 1. The van der Waals surface area contributed by atoms with Gasteiger partial charge in [0.2, 0.25) is 5.82 Å². The number of nitrogens with one attached hydrogen (secondary N) is 2. The largest absolute Gasteiger partial charge is 0.481 e. The number of carbonyl (C=O) groups is 2. The molecule has 0 aliphatic carbocycles. The molecule has 0 radical (unpaired) electrons. The maximum Gasteiger partial charge on any atom is 0.303 e. The van der Waals surface area contributed by atoms with Crippen LogP contribution in [0.3, 0.4) is 0 Å². The molecule has 0 aliphatic rings. The average molecular weight is 327 g/mol. The van der Waals surface area contributed by atoms with E-state index in [1.807, 2.05) is 0 Å². The lowest BCUT2D eigenvalue weighted by Gasteiger charge is -2.05. The molecule has 0 bridgehead atoms. The number of aliphatic carboxylic acids is 1. The average Bonchev–Trinajstić information content (AvgIpc) is 2.58. The van der Waals surface area contributed by atoms with E-state index in [1.54, 1.807) is 24.3 Å². The number of nitrogens with zero attached hydrogens (tertiary/aromatic N) is 2. The number of carbonyl (C=O) groups excluding carboxylic acids is 1. The molecule has 2 aromatic rings. The van der Waals surface area contributed by atoms with E-state index in [-0.39, 0.29) is 24.6 Å². The number of carboxylic acid groups (broad SMARTS) is 1. The molecule has 8 heteroatoms. The highest BCUT2D eigenvalue weighted by Crippen LogP contribution is 2.18. The van der Waals surface area contributed by atoms with Crippen LogP contribution in [0.2, 0.25) is 0 Å². The Balaban J connectivity index is 1.98. The number of benzene rings is 1. The van der Waals surface area contributed by atoms with Crippen LogP contribution in [0.15, 0.2) is 36.7 Å². The monoisotopic (exact) mass is 327 g/mol. The third kappa shape index (κ3) is 4.60. The van der Waals surface area contributed by atoms with E-state index in [2.05, 4.69) is 15.3 Å². The molecule has 24 heavy (non-hydrogen) atoms. The maximum absolute atomic E-state index is 11.8. The normalized spacial score (nSPS) is 10.2. The molecular weight excluding hydrogens is 310 g/mol. The van der Waals surface area contributed by atoms with Gasteiger partial charge in [-0.2, -0.15) is 0 Å². The zero-order chi connectivity index (χ0) is 17.5. The van der Waals surface area contributed by atoms with Crippen molar-refractivity contribution in [1.29, 1.82) is 5.41 Å². The van der Waals surface area contributed by atoms with Crippen LogP contribution in [0.5, 0.6) is 0 Å². The summed E-state index contributed by atoms with van der Waals surface area (Å²) in [6.07, 6.45) is 3.40. The Morgan fingerprint density at radius 2 is 1.75 bits per heavy atom. The van der Waals surface area contributed by atoms with Crippen LogP contribution in [0.1, 0.15) is 29.0 Å². The number of amidine groups is 1. The smallest absolute Gasteiger partial charge is 0.303 e. The maximum atomic E-state index is 11.8. The second-order valence-corrected chi connectivity index (χ2v) is 5.04. The summed E-state index contributed by atoms with van der Waals surface area (Å²) in [5.74, 6) is -1.33. The van der Waals surface area contributed by atoms with Gasteiger partial charge in [-0.1, -0.05) is 24.3 Å². The Morgan fingerprint density at radius 3 is 2.29 bits per heavy atom. The number of hydrogen-bond acceptors (Lipinski definition) is 5. The van der Waals surface area contributed by atoms with Crippen LogP contribution in [0.4, 0.5) is 0 Å². The number of aromatic nitrogens is 2. The van der Waals surface area contributed by atoms with Crippen LogP contribution in [0, 0.1) is 5.41 Å².